The van der Waals surface area contributed by atoms with E-state index in [-0.39, 0.29) is 12.5 Å². The zero-order valence-electron chi connectivity index (χ0n) is 9.06. The van der Waals surface area contributed by atoms with Crippen LogP contribution in [0.2, 0.25) is 0 Å². The van der Waals surface area contributed by atoms with E-state index in [9.17, 15) is 4.79 Å². The number of carbonyl (C=O) groups is 1. The predicted molar refractivity (Wildman–Crippen MR) is 57.8 cm³/mol. The maximum absolute atomic E-state index is 11.1. The van der Waals surface area contributed by atoms with E-state index in [4.69, 9.17) is 10.6 Å². The van der Waals surface area contributed by atoms with Crippen molar-refractivity contribution in [1.82, 2.24) is 5.01 Å². The second-order valence-corrected chi connectivity index (χ2v) is 3.48. The number of hydrogen-bond donors (Lipinski definition) is 1. The fourth-order valence-corrected chi connectivity index (χ4v) is 1.04. The Morgan fingerprint density at radius 1 is 1.40 bits per heavy atom. The molecule has 0 heterocycles. The van der Waals surface area contributed by atoms with Gasteiger partial charge in [-0.15, -0.1) is 0 Å². The van der Waals surface area contributed by atoms with E-state index < -0.39 is 0 Å². The van der Waals surface area contributed by atoms with Crippen molar-refractivity contribution in [2.75, 3.05) is 13.7 Å². The molecule has 0 aliphatic carbocycles. The topological polar surface area (TPSA) is 55.6 Å². The van der Waals surface area contributed by atoms with Gasteiger partial charge in [0.25, 0.3) is 5.91 Å². The molecule has 0 spiro atoms. The molecule has 4 heteroatoms. The molecule has 0 radical (unpaired) electrons. The molecule has 1 rings (SSSR count). The van der Waals surface area contributed by atoms with Crippen LogP contribution in [-0.2, 0) is 16.1 Å². The quantitative estimate of drug-likeness (QED) is 0.453. The van der Waals surface area contributed by atoms with Crippen molar-refractivity contribution in [3.05, 3.63) is 35.4 Å². The van der Waals surface area contributed by atoms with Gasteiger partial charge in [-0.3, -0.25) is 9.80 Å². The van der Waals surface area contributed by atoms with Crippen LogP contribution in [0.25, 0.3) is 0 Å². The van der Waals surface area contributed by atoms with Crippen molar-refractivity contribution >= 4 is 5.91 Å². The monoisotopic (exact) mass is 208 g/mol. The fraction of sp³-hybridized carbons (Fsp3) is 0.364. The number of ether oxygens (including phenoxy) is 1. The van der Waals surface area contributed by atoms with E-state index in [0.29, 0.717) is 6.61 Å². The molecule has 1 aromatic carbocycles. The van der Waals surface area contributed by atoms with E-state index in [1.165, 1.54) is 12.6 Å². The Labute approximate surface area is 89.6 Å². The first-order chi connectivity index (χ1) is 7.09. The Morgan fingerprint density at radius 2 is 2.00 bits per heavy atom. The molecule has 0 atom stereocenters. The molecule has 0 aromatic heterocycles. The third-order valence-electron chi connectivity index (χ3n) is 2.01. The number of benzene rings is 1. The summed E-state index contributed by atoms with van der Waals surface area (Å²) in [7, 11) is 1.50. The van der Waals surface area contributed by atoms with Crippen LogP contribution >= 0.6 is 0 Å². The standard InChI is InChI=1S/C11H16N2O2/c1-9-3-5-10(6-4-9)7-15-8-11(14)13(2)12/h3-6H,7-8,12H2,1-2H3. The van der Waals surface area contributed by atoms with Crippen molar-refractivity contribution < 1.29 is 9.53 Å². The highest BCUT2D eigenvalue weighted by Gasteiger charge is 2.03. The zero-order valence-corrected chi connectivity index (χ0v) is 9.06. The van der Waals surface area contributed by atoms with Crippen LogP contribution in [0.5, 0.6) is 0 Å². The molecule has 15 heavy (non-hydrogen) atoms. The molecule has 1 amide bonds. The summed E-state index contributed by atoms with van der Waals surface area (Å²) in [6, 6.07) is 7.98. The number of rotatable bonds is 4. The van der Waals surface area contributed by atoms with Crippen molar-refractivity contribution in [2.45, 2.75) is 13.5 Å². The van der Waals surface area contributed by atoms with Crippen molar-refractivity contribution in [3.63, 3.8) is 0 Å². The minimum absolute atomic E-state index is 0.0148. The van der Waals surface area contributed by atoms with Crippen LogP contribution in [0.15, 0.2) is 24.3 Å². The molecule has 0 saturated carbocycles. The molecule has 4 nitrogen and oxygen atoms in total. The third-order valence-corrected chi connectivity index (χ3v) is 2.01. The summed E-state index contributed by atoms with van der Waals surface area (Å²) < 4.78 is 5.21. The molecule has 0 bridgehead atoms. The Morgan fingerprint density at radius 3 is 2.53 bits per heavy atom. The Balaban J connectivity index is 2.32. The van der Waals surface area contributed by atoms with Gasteiger partial charge in [-0.25, -0.2) is 5.84 Å². The molecule has 0 saturated heterocycles. The lowest BCUT2D eigenvalue weighted by atomic mass is 10.2. The smallest absolute Gasteiger partial charge is 0.262 e. The molecule has 82 valence electrons. The van der Waals surface area contributed by atoms with Gasteiger partial charge in [-0.2, -0.15) is 0 Å². The van der Waals surface area contributed by atoms with Gasteiger partial charge in [0.1, 0.15) is 6.61 Å². The minimum Gasteiger partial charge on any atom is -0.367 e. The van der Waals surface area contributed by atoms with E-state index in [2.05, 4.69) is 0 Å². The van der Waals surface area contributed by atoms with Gasteiger partial charge in [-0.1, -0.05) is 29.8 Å². The van der Waals surface area contributed by atoms with E-state index in [1.54, 1.807) is 0 Å². The molecular weight excluding hydrogens is 192 g/mol. The Hall–Kier alpha value is -1.39. The molecule has 0 aliphatic rings. The molecule has 1 aromatic rings. The number of amides is 1. The van der Waals surface area contributed by atoms with Crippen LogP contribution < -0.4 is 5.84 Å². The van der Waals surface area contributed by atoms with Gasteiger partial charge in [-0.05, 0) is 12.5 Å². The van der Waals surface area contributed by atoms with Gasteiger partial charge in [0.2, 0.25) is 0 Å². The summed E-state index contributed by atoms with van der Waals surface area (Å²) >= 11 is 0. The average molecular weight is 208 g/mol. The van der Waals surface area contributed by atoms with Crippen molar-refractivity contribution in [1.29, 1.82) is 0 Å². The van der Waals surface area contributed by atoms with Gasteiger partial charge < -0.3 is 4.74 Å². The highest BCUT2D eigenvalue weighted by molar-refractivity contribution is 5.76. The van der Waals surface area contributed by atoms with Crippen LogP contribution in [0.3, 0.4) is 0 Å². The fourth-order valence-electron chi connectivity index (χ4n) is 1.04. The highest BCUT2D eigenvalue weighted by Crippen LogP contribution is 2.04. The second kappa shape index (κ2) is 5.48. The summed E-state index contributed by atoms with van der Waals surface area (Å²) in [5.74, 6) is 5.00. The molecule has 0 fully saturated rings. The lowest BCUT2D eigenvalue weighted by molar-refractivity contribution is -0.135. The zero-order chi connectivity index (χ0) is 11.3. The summed E-state index contributed by atoms with van der Waals surface area (Å²) in [6.45, 7) is 2.47. The van der Waals surface area contributed by atoms with Crippen LogP contribution in [0, 0.1) is 6.92 Å². The SMILES string of the molecule is Cc1ccc(COCC(=O)N(C)N)cc1. The molecular formula is C11H16N2O2. The second-order valence-electron chi connectivity index (χ2n) is 3.48. The first-order valence-electron chi connectivity index (χ1n) is 4.74. The molecule has 0 aliphatic heterocycles. The van der Waals surface area contributed by atoms with Crippen molar-refractivity contribution in [3.8, 4) is 0 Å². The number of nitrogens with zero attached hydrogens (tertiary/aromatic N) is 1. The number of hydrazine groups is 1. The van der Waals surface area contributed by atoms with Gasteiger partial charge >= 0.3 is 0 Å². The minimum atomic E-state index is -0.234. The summed E-state index contributed by atoms with van der Waals surface area (Å²) in [5.41, 5.74) is 2.25. The highest BCUT2D eigenvalue weighted by atomic mass is 16.5. The molecule has 2 N–H and O–H groups in total. The lowest BCUT2D eigenvalue weighted by Gasteiger charge is -2.10. The Bertz CT molecular complexity index is 320. The lowest BCUT2D eigenvalue weighted by Crippen LogP contribution is -2.35. The van der Waals surface area contributed by atoms with Gasteiger partial charge in [0.15, 0.2) is 0 Å². The third kappa shape index (κ3) is 4.10. The number of likely N-dealkylation sites (N-methyl/N-ethyl adjacent to an activating group) is 1. The van der Waals surface area contributed by atoms with E-state index in [1.807, 2.05) is 31.2 Å². The number of hydrogen-bond acceptors (Lipinski definition) is 3. The molecule has 0 unspecified atom stereocenters. The van der Waals surface area contributed by atoms with Crippen LogP contribution in [0.1, 0.15) is 11.1 Å². The largest absolute Gasteiger partial charge is 0.367 e. The van der Waals surface area contributed by atoms with Crippen molar-refractivity contribution in [2.24, 2.45) is 5.84 Å². The summed E-state index contributed by atoms with van der Waals surface area (Å²) in [4.78, 5) is 11.1. The Kier molecular flexibility index (Phi) is 4.27. The maximum atomic E-state index is 11.1. The van der Waals surface area contributed by atoms with Gasteiger partial charge in [0.05, 0.1) is 6.61 Å². The maximum Gasteiger partial charge on any atom is 0.262 e. The first-order valence-corrected chi connectivity index (χ1v) is 4.74. The van der Waals surface area contributed by atoms with E-state index in [0.717, 1.165) is 10.6 Å². The summed E-state index contributed by atoms with van der Waals surface area (Å²) in [5, 5.41) is 1.02. The predicted octanol–water partition coefficient (Wildman–Crippen LogP) is 0.844. The number of carbonyl (C=O) groups excluding carboxylic acids is 1. The van der Waals surface area contributed by atoms with Crippen LogP contribution in [0.4, 0.5) is 0 Å². The number of aryl methyl sites for hydroxylation is 1. The van der Waals surface area contributed by atoms with Crippen LogP contribution in [-0.4, -0.2) is 24.6 Å². The number of nitrogens with two attached hydrogens (primary N) is 1. The van der Waals surface area contributed by atoms with Gasteiger partial charge in [0, 0.05) is 7.05 Å². The normalized spacial score (nSPS) is 10.1. The van der Waals surface area contributed by atoms with E-state index >= 15 is 0 Å². The average Bonchev–Trinajstić information content (AvgIpc) is 2.20. The first kappa shape index (κ1) is 11.7. The summed E-state index contributed by atoms with van der Waals surface area (Å²) in [6.07, 6.45) is 0.